The number of rotatable bonds is 3. The van der Waals surface area contributed by atoms with Crippen molar-refractivity contribution in [3.8, 4) is 0 Å². The van der Waals surface area contributed by atoms with Crippen LogP contribution >= 0.6 is 0 Å². The molecule has 1 aliphatic carbocycles. The summed E-state index contributed by atoms with van der Waals surface area (Å²) in [7, 11) is 0. The SMILES string of the molecule is NC1(C(=O)Cc2cccc(F)c2F)CCCC1. The Kier molecular flexibility index (Phi) is 3.24. The summed E-state index contributed by atoms with van der Waals surface area (Å²) in [5.74, 6) is -2.06. The minimum atomic E-state index is -0.942. The van der Waals surface area contributed by atoms with Crippen LogP contribution in [0.4, 0.5) is 8.78 Å². The molecule has 0 spiro atoms. The zero-order chi connectivity index (χ0) is 12.5. The normalized spacial score (nSPS) is 18.3. The molecule has 0 heterocycles. The average molecular weight is 239 g/mol. The Morgan fingerprint density at radius 2 is 1.94 bits per heavy atom. The van der Waals surface area contributed by atoms with Crippen LogP contribution in [0.5, 0.6) is 0 Å². The fourth-order valence-electron chi connectivity index (χ4n) is 2.32. The maximum atomic E-state index is 13.4. The van der Waals surface area contributed by atoms with Gasteiger partial charge < -0.3 is 5.73 Å². The summed E-state index contributed by atoms with van der Waals surface area (Å²) in [4.78, 5) is 12.0. The first-order valence-corrected chi connectivity index (χ1v) is 5.78. The number of carbonyl (C=O) groups is 1. The second kappa shape index (κ2) is 4.53. The molecule has 0 aliphatic heterocycles. The van der Waals surface area contributed by atoms with Crippen molar-refractivity contribution >= 4 is 5.78 Å². The van der Waals surface area contributed by atoms with Crippen molar-refractivity contribution in [2.24, 2.45) is 5.73 Å². The van der Waals surface area contributed by atoms with Crippen molar-refractivity contribution in [2.75, 3.05) is 0 Å². The highest BCUT2D eigenvalue weighted by Gasteiger charge is 2.36. The molecule has 0 saturated heterocycles. The van der Waals surface area contributed by atoms with Crippen LogP contribution in [0.15, 0.2) is 18.2 Å². The lowest BCUT2D eigenvalue weighted by atomic mass is 9.89. The maximum Gasteiger partial charge on any atom is 0.162 e. The van der Waals surface area contributed by atoms with E-state index < -0.39 is 17.2 Å². The van der Waals surface area contributed by atoms with Crippen molar-refractivity contribution in [2.45, 2.75) is 37.6 Å². The predicted molar refractivity (Wildman–Crippen MR) is 60.5 cm³/mol. The third kappa shape index (κ3) is 2.36. The van der Waals surface area contributed by atoms with Gasteiger partial charge in [-0.1, -0.05) is 25.0 Å². The average Bonchev–Trinajstić information content (AvgIpc) is 2.73. The molecule has 4 heteroatoms. The topological polar surface area (TPSA) is 43.1 Å². The minimum Gasteiger partial charge on any atom is -0.319 e. The van der Waals surface area contributed by atoms with Gasteiger partial charge in [0.2, 0.25) is 0 Å². The summed E-state index contributed by atoms with van der Waals surface area (Å²) in [5, 5.41) is 0. The molecule has 2 N–H and O–H groups in total. The first-order valence-electron chi connectivity index (χ1n) is 5.78. The quantitative estimate of drug-likeness (QED) is 0.879. The molecule has 17 heavy (non-hydrogen) atoms. The molecule has 2 rings (SSSR count). The molecule has 0 radical (unpaired) electrons. The predicted octanol–water partition coefficient (Wildman–Crippen LogP) is 2.35. The van der Waals surface area contributed by atoms with Crippen LogP contribution in [-0.4, -0.2) is 11.3 Å². The molecule has 1 aliphatic rings. The Bertz CT molecular complexity index is 439. The third-order valence-electron chi connectivity index (χ3n) is 3.43. The van der Waals surface area contributed by atoms with Gasteiger partial charge in [0.1, 0.15) is 0 Å². The number of hydrogen-bond acceptors (Lipinski definition) is 2. The molecule has 0 amide bonds. The number of benzene rings is 1. The molecule has 0 atom stereocenters. The van der Waals surface area contributed by atoms with E-state index >= 15 is 0 Å². The van der Waals surface area contributed by atoms with Gasteiger partial charge in [-0.3, -0.25) is 4.79 Å². The van der Waals surface area contributed by atoms with E-state index in [1.807, 2.05) is 0 Å². The lowest BCUT2D eigenvalue weighted by molar-refractivity contribution is -0.123. The number of Topliss-reactive ketones (excluding diaryl/α,β-unsaturated/α-hetero) is 1. The Labute approximate surface area is 98.8 Å². The Morgan fingerprint density at radius 1 is 1.29 bits per heavy atom. The molecule has 1 fully saturated rings. The van der Waals surface area contributed by atoms with Crippen LogP contribution in [0, 0.1) is 11.6 Å². The van der Waals surface area contributed by atoms with E-state index in [1.54, 1.807) is 0 Å². The molecular weight excluding hydrogens is 224 g/mol. The summed E-state index contributed by atoms with van der Waals surface area (Å²) in [6, 6.07) is 3.87. The second-order valence-electron chi connectivity index (χ2n) is 4.68. The van der Waals surface area contributed by atoms with Crippen molar-refractivity contribution in [1.29, 1.82) is 0 Å². The van der Waals surface area contributed by atoms with Crippen LogP contribution in [0.2, 0.25) is 0 Å². The largest absolute Gasteiger partial charge is 0.319 e. The monoisotopic (exact) mass is 239 g/mol. The van der Waals surface area contributed by atoms with Gasteiger partial charge in [-0.05, 0) is 24.5 Å². The number of hydrogen-bond donors (Lipinski definition) is 1. The van der Waals surface area contributed by atoms with Gasteiger partial charge in [-0.15, -0.1) is 0 Å². The molecule has 1 saturated carbocycles. The molecular formula is C13H15F2NO. The molecule has 0 aromatic heterocycles. The zero-order valence-electron chi connectivity index (χ0n) is 9.51. The van der Waals surface area contributed by atoms with Crippen molar-refractivity contribution in [3.05, 3.63) is 35.4 Å². The first kappa shape index (κ1) is 12.2. The Hall–Kier alpha value is -1.29. The van der Waals surface area contributed by atoms with Crippen LogP contribution in [-0.2, 0) is 11.2 Å². The van der Waals surface area contributed by atoms with Gasteiger partial charge >= 0.3 is 0 Å². The Balaban J connectivity index is 2.16. The third-order valence-corrected chi connectivity index (χ3v) is 3.43. The van der Waals surface area contributed by atoms with Gasteiger partial charge in [0.25, 0.3) is 0 Å². The van der Waals surface area contributed by atoms with Gasteiger partial charge in [-0.2, -0.15) is 0 Å². The van der Waals surface area contributed by atoms with E-state index in [0.29, 0.717) is 12.8 Å². The molecule has 1 aromatic carbocycles. The summed E-state index contributed by atoms with van der Waals surface area (Å²) in [6.07, 6.45) is 3.01. The van der Waals surface area contributed by atoms with Crippen LogP contribution < -0.4 is 5.73 Å². The Morgan fingerprint density at radius 3 is 2.59 bits per heavy atom. The zero-order valence-corrected chi connectivity index (χ0v) is 9.51. The number of halogens is 2. The van der Waals surface area contributed by atoms with Gasteiger partial charge in [0.05, 0.1) is 5.54 Å². The molecule has 0 bridgehead atoms. The molecule has 1 aromatic rings. The maximum absolute atomic E-state index is 13.4. The van der Waals surface area contributed by atoms with E-state index in [9.17, 15) is 13.6 Å². The number of nitrogens with two attached hydrogens (primary N) is 1. The first-order chi connectivity index (χ1) is 8.03. The summed E-state index contributed by atoms with van der Waals surface area (Å²) in [6.45, 7) is 0. The van der Waals surface area contributed by atoms with E-state index in [4.69, 9.17) is 5.73 Å². The van der Waals surface area contributed by atoms with Crippen LogP contribution in [0.1, 0.15) is 31.2 Å². The van der Waals surface area contributed by atoms with Crippen molar-refractivity contribution in [1.82, 2.24) is 0 Å². The van der Waals surface area contributed by atoms with Crippen molar-refractivity contribution in [3.63, 3.8) is 0 Å². The standard InChI is InChI=1S/C13H15F2NO/c14-10-5-3-4-9(12(10)15)8-11(17)13(16)6-1-2-7-13/h3-5H,1-2,6-8,16H2. The lowest BCUT2D eigenvalue weighted by Crippen LogP contribution is -2.46. The number of carbonyl (C=O) groups excluding carboxylic acids is 1. The van der Waals surface area contributed by atoms with E-state index in [0.717, 1.165) is 18.9 Å². The smallest absolute Gasteiger partial charge is 0.162 e. The van der Waals surface area contributed by atoms with E-state index in [1.165, 1.54) is 12.1 Å². The summed E-state index contributed by atoms with van der Waals surface area (Å²) < 4.78 is 26.4. The van der Waals surface area contributed by atoms with Gasteiger partial charge in [0, 0.05) is 6.42 Å². The lowest BCUT2D eigenvalue weighted by Gasteiger charge is -2.21. The van der Waals surface area contributed by atoms with Gasteiger partial charge in [-0.25, -0.2) is 8.78 Å². The minimum absolute atomic E-state index is 0.0896. The molecule has 2 nitrogen and oxygen atoms in total. The van der Waals surface area contributed by atoms with E-state index in [-0.39, 0.29) is 17.8 Å². The number of ketones is 1. The van der Waals surface area contributed by atoms with Crippen LogP contribution in [0.25, 0.3) is 0 Å². The van der Waals surface area contributed by atoms with Crippen molar-refractivity contribution < 1.29 is 13.6 Å². The highest BCUT2D eigenvalue weighted by Crippen LogP contribution is 2.29. The summed E-state index contributed by atoms with van der Waals surface area (Å²) in [5.41, 5.74) is 5.23. The fourth-order valence-corrected chi connectivity index (χ4v) is 2.32. The molecule has 92 valence electrons. The second-order valence-corrected chi connectivity index (χ2v) is 4.68. The molecule has 0 unspecified atom stereocenters. The highest BCUT2D eigenvalue weighted by atomic mass is 19.2. The highest BCUT2D eigenvalue weighted by molar-refractivity contribution is 5.90. The fraction of sp³-hybridized carbons (Fsp3) is 0.462. The summed E-state index contributed by atoms with van der Waals surface area (Å²) >= 11 is 0. The van der Waals surface area contributed by atoms with E-state index in [2.05, 4.69) is 0 Å². The van der Waals surface area contributed by atoms with Crippen LogP contribution in [0.3, 0.4) is 0 Å². The van der Waals surface area contributed by atoms with Gasteiger partial charge in [0.15, 0.2) is 17.4 Å².